The number of aryl methyl sites for hydroxylation is 2. The van der Waals surface area contributed by atoms with E-state index in [9.17, 15) is 9.59 Å². The van der Waals surface area contributed by atoms with E-state index in [0.29, 0.717) is 24.4 Å². The maximum Gasteiger partial charge on any atom is 0.344 e. The highest BCUT2D eigenvalue weighted by atomic mass is 16.6. The van der Waals surface area contributed by atoms with Gasteiger partial charge in [0.05, 0.1) is 5.69 Å². The molecule has 1 amide bonds. The van der Waals surface area contributed by atoms with E-state index < -0.39 is 5.97 Å². The fraction of sp³-hybridized carbons (Fsp3) is 0.312. The molecule has 2 aromatic rings. The van der Waals surface area contributed by atoms with E-state index in [-0.39, 0.29) is 19.1 Å². The van der Waals surface area contributed by atoms with Gasteiger partial charge in [0.1, 0.15) is 5.75 Å². The second-order valence-electron chi connectivity index (χ2n) is 5.25. The molecule has 2 heterocycles. The average molecular weight is 316 g/mol. The van der Waals surface area contributed by atoms with Crippen molar-refractivity contribution < 1.29 is 23.6 Å². The maximum absolute atomic E-state index is 11.7. The second-order valence-corrected chi connectivity index (χ2v) is 5.25. The van der Waals surface area contributed by atoms with Crippen LogP contribution in [0.15, 0.2) is 28.8 Å². The Morgan fingerprint density at radius 1 is 1.35 bits per heavy atom. The summed E-state index contributed by atoms with van der Waals surface area (Å²) in [4.78, 5) is 23.0. The molecule has 7 nitrogen and oxygen atoms in total. The van der Waals surface area contributed by atoms with Crippen LogP contribution in [0.2, 0.25) is 0 Å². The van der Waals surface area contributed by atoms with Gasteiger partial charge < -0.3 is 19.3 Å². The number of carbonyl (C=O) groups excluding carboxylic acids is 2. The van der Waals surface area contributed by atoms with Gasteiger partial charge in [0, 0.05) is 18.2 Å². The molecule has 120 valence electrons. The Kier molecular flexibility index (Phi) is 4.27. The third kappa shape index (κ3) is 3.88. The first kappa shape index (κ1) is 15.1. The van der Waals surface area contributed by atoms with E-state index in [1.807, 2.05) is 6.07 Å². The van der Waals surface area contributed by atoms with Crippen molar-refractivity contribution in [2.75, 3.05) is 11.9 Å². The minimum Gasteiger partial charge on any atom is -0.482 e. The van der Waals surface area contributed by atoms with Gasteiger partial charge in [-0.3, -0.25) is 4.79 Å². The summed E-state index contributed by atoms with van der Waals surface area (Å²) < 4.78 is 15.4. The molecule has 1 aromatic carbocycles. The van der Waals surface area contributed by atoms with Crippen molar-refractivity contribution in [1.29, 1.82) is 0 Å². The predicted octanol–water partition coefficient (Wildman–Crippen LogP) is 1.99. The highest BCUT2D eigenvalue weighted by molar-refractivity contribution is 5.94. The summed E-state index contributed by atoms with van der Waals surface area (Å²) in [5, 5.41) is 6.50. The topological polar surface area (TPSA) is 90.7 Å². The van der Waals surface area contributed by atoms with Crippen molar-refractivity contribution in [3.05, 3.63) is 41.3 Å². The molecule has 0 bridgehead atoms. The molecule has 0 saturated heterocycles. The van der Waals surface area contributed by atoms with Gasteiger partial charge in [-0.2, -0.15) is 0 Å². The molecular formula is C16H16N2O5. The minimum absolute atomic E-state index is 0.0115. The van der Waals surface area contributed by atoms with Crippen molar-refractivity contribution in [3.8, 4) is 5.75 Å². The monoisotopic (exact) mass is 316 g/mol. The molecule has 0 radical (unpaired) electrons. The summed E-state index contributed by atoms with van der Waals surface area (Å²) in [6, 6.07) is 7.00. The number of amides is 1. The van der Waals surface area contributed by atoms with Gasteiger partial charge >= 0.3 is 5.97 Å². The van der Waals surface area contributed by atoms with Crippen LogP contribution in [-0.4, -0.2) is 23.6 Å². The Bertz CT molecular complexity index is 738. The van der Waals surface area contributed by atoms with Crippen LogP contribution < -0.4 is 10.1 Å². The van der Waals surface area contributed by atoms with Gasteiger partial charge in [0.2, 0.25) is 5.91 Å². The molecule has 0 unspecified atom stereocenters. The number of anilines is 1. The summed E-state index contributed by atoms with van der Waals surface area (Å²) in [5.74, 6) is 0.565. The summed E-state index contributed by atoms with van der Waals surface area (Å²) in [7, 11) is 0. The third-order valence-corrected chi connectivity index (χ3v) is 3.38. The van der Waals surface area contributed by atoms with Gasteiger partial charge in [-0.15, -0.1) is 0 Å². The molecule has 0 fully saturated rings. The zero-order chi connectivity index (χ0) is 16.2. The molecule has 1 aromatic heterocycles. The molecule has 1 aliphatic rings. The Morgan fingerprint density at radius 2 is 2.22 bits per heavy atom. The standard InChI is InChI=1S/C16H16N2O5/c1-10-6-13(23-18-10)8-22-16(20)9-21-12-3-4-14-11(7-12)2-5-15(19)17-14/h3-4,6-7H,2,5,8-9H2,1H3,(H,17,19). The Labute approximate surface area is 132 Å². The normalized spacial score (nSPS) is 13.2. The number of hydrogen-bond acceptors (Lipinski definition) is 6. The molecule has 0 atom stereocenters. The van der Waals surface area contributed by atoms with Crippen LogP contribution in [0.5, 0.6) is 5.75 Å². The van der Waals surface area contributed by atoms with Crippen LogP contribution >= 0.6 is 0 Å². The van der Waals surface area contributed by atoms with Gasteiger partial charge in [-0.1, -0.05) is 5.16 Å². The maximum atomic E-state index is 11.7. The van der Waals surface area contributed by atoms with Crippen LogP contribution in [-0.2, 0) is 27.4 Å². The SMILES string of the molecule is Cc1cc(COC(=O)COc2ccc3c(c2)CCC(=O)N3)on1. The zero-order valence-electron chi connectivity index (χ0n) is 12.6. The first-order valence-corrected chi connectivity index (χ1v) is 7.23. The van der Waals surface area contributed by atoms with Crippen molar-refractivity contribution in [3.63, 3.8) is 0 Å². The fourth-order valence-electron chi connectivity index (χ4n) is 2.27. The van der Waals surface area contributed by atoms with Gasteiger partial charge in [0.15, 0.2) is 19.0 Å². The molecule has 7 heteroatoms. The first-order valence-electron chi connectivity index (χ1n) is 7.23. The number of nitrogens with zero attached hydrogens (tertiary/aromatic N) is 1. The lowest BCUT2D eigenvalue weighted by Crippen LogP contribution is -2.19. The van der Waals surface area contributed by atoms with Crippen molar-refractivity contribution in [1.82, 2.24) is 5.16 Å². The largest absolute Gasteiger partial charge is 0.482 e. The number of hydrogen-bond donors (Lipinski definition) is 1. The van der Waals surface area contributed by atoms with E-state index in [1.165, 1.54) is 0 Å². The average Bonchev–Trinajstić information content (AvgIpc) is 2.96. The number of fused-ring (bicyclic) bond motifs is 1. The lowest BCUT2D eigenvalue weighted by molar-refractivity contribution is -0.148. The Balaban J connectivity index is 1.50. The van der Waals surface area contributed by atoms with Crippen molar-refractivity contribution in [2.45, 2.75) is 26.4 Å². The number of esters is 1. The molecule has 23 heavy (non-hydrogen) atoms. The smallest absolute Gasteiger partial charge is 0.344 e. The Morgan fingerprint density at radius 3 is 3.00 bits per heavy atom. The quantitative estimate of drug-likeness (QED) is 0.848. The third-order valence-electron chi connectivity index (χ3n) is 3.38. The molecule has 0 saturated carbocycles. The molecule has 3 rings (SSSR count). The van der Waals surface area contributed by atoms with Crippen LogP contribution in [0, 0.1) is 6.92 Å². The summed E-state index contributed by atoms with van der Waals surface area (Å²) in [6.07, 6.45) is 1.11. The van der Waals surface area contributed by atoms with E-state index >= 15 is 0 Å². The fourth-order valence-corrected chi connectivity index (χ4v) is 2.27. The molecule has 0 spiro atoms. The lowest BCUT2D eigenvalue weighted by Gasteiger charge is -2.17. The number of aromatic nitrogens is 1. The van der Waals surface area contributed by atoms with Gasteiger partial charge in [-0.25, -0.2) is 4.79 Å². The number of nitrogens with one attached hydrogen (secondary N) is 1. The van der Waals surface area contributed by atoms with Crippen molar-refractivity contribution >= 4 is 17.6 Å². The van der Waals surface area contributed by atoms with Crippen LogP contribution in [0.1, 0.15) is 23.4 Å². The highest BCUT2D eigenvalue weighted by Gasteiger charge is 2.15. The van der Waals surface area contributed by atoms with E-state index in [4.69, 9.17) is 14.0 Å². The Hall–Kier alpha value is -2.83. The molecule has 0 aliphatic carbocycles. The zero-order valence-corrected chi connectivity index (χ0v) is 12.6. The van der Waals surface area contributed by atoms with Crippen LogP contribution in [0.3, 0.4) is 0 Å². The molecule has 1 N–H and O–H groups in total. The van der Waals surface area contributed by atoms with Crippen molar-refractivity contribution in [2.24, 2.45) is 0 Å². The first-order chi connectivity index (χ1) is 11.1. The predicted molar refractivity (Wildman–Crippen MR) is 79.9 cm³/mol. The number of rotatable bonds is 5. The lowest BCUT2D eigenvalue weighted by atomic mass is 10.0. The van der Waals surface area contributed by atoms with Crippen LogP contribution in [0.25, 0.3) is 0 Å². The van der Waals surface area contributed by atoms with E-state index in [1.54, 1.807) is 25.1 Å². The van der Waals surface area contributed by atoms with Crippen LogP contribution in [0.4, 0.5) is 5.69 Å². The summed E-state index contributed by atoms with van der Waals surface area (Å²) >= 11 is 0. The summed E-state index contributed by atoms with van der Waals surface area (Å²) in [6.45, 7) is 1.62. The minimum atomic E-state index is -0.495. The second kappa shape index (κ2) is 6.51. The van der Waals surface area contributed by atoms with Gasteiger partial charge in [-0.05, 0) is 37.1 Å². The molecular weight excluding hydrogens is 300 g/mol. The van der Waals surface area contributed by atoms with E-state index in [0.717, 1.165) is 16.9 Å². The summed E-state index contributed by atoms with van der Waals surface area (Å²) in [5.41, 5.74) is 2.51. The number of carbonyl (C=O) groups is 2. The number of ether oxygens (including phenoxy) is 2. The van der Waals surface area contributed by atoms with Gasteiger partial charge in [0.25, 0.3) is 0 Å². The molecule has 1 aliphatic heterocycles. The van der Waals surface area contributed by atoms with E-state index in [2.05, 4.69) is 10.5 Å². The number of benzene rings is 1. The highest BCUT2D eigenvalue weighted by Crippen LogP contribution is 2.26.